The lowest BCUT2D eigenvalue weighted by molar-refractivity contribution is -0.119. The van der Waals surface area contributed by atoms with E-state index in [1.807, 2.05) is 77.7 Å². The van der Waals surface area contributed by atoms with Crippen LogP contribution in [0.3, 0.4) is 0 Å². The molecule has 4 aromatic rings. The van der Waals surface area contributed by atoms with Gasteiger partial charge in [-0.2, -0.15) is 0 Å². The third-order valence-electron chi connectivity index (χ3n) is 7.41. The van der Waals surface area contributed by atoms with E-state index in [0.717, 1.165) is 23.3 Å². The van der Waals surface area contributed by atoms with Crippen LogP contribution in [0.4, 0.5) is 5.69 Å². The van der Waals surface area contributed by atoms with E-state index in [2.05, 4.69) is 11.4 Å². The summed E-state index contributed by atoms with van der Waals surface area (Å²) in [6.07, 6.45) is 0.734. The second-order valence-electron chi connectivity index (χ2n) is 9.59. The highest BCUT2D eigenvalue weighted by Gasteiger charge is 2.47. The summed E-state index contributed by atoms with van der Waals surface area (Å²) in [6, 6.07) is 27.8. The molecule has 2 amide bonds. The fourth-order valence-corrected chi connectivity index (χ4v) is 5.58. The molecule has 1 N–H and O–H groups in total. The van der Waals surface area contributed by atoms with Crippen LogP contribution >= 0.6 is 0 Å². The van der Waals surface area contributed by atoms with E-state index in [0.29, 0.717) is 40.6 Å². The van der Waals surface area contributed by atoms with Crippen LogP contribution in [-0.4, -0.2) is 37.5 Å². The van der Waals surface area contributed by atoms with Crippen molar-refractivity contribution in [2.75, 3.05) is 26.1 Å². The van der Waals surface area contributed by atoms with Crippen molar-refractivity contribution in [1.29, 1.82) is 0 Å². The van der Waals surface area contributed by atoms with Crippen LogP contribution in [0, 0.1) is 0 Å². The van der Waals surface area contributed by atoms with Gasteiger partial charge in [0.2, 0.25) is 5.91 Å². The quantitative estimate of drug-likeness (QED) is 0.339. The van der Waals surface area contributed by atoms with Crippen LogP contribution in [0.15, 0.2) is 91.0 Å². The highest BCUT2D eigenvalue weighted by molar-refractivity contribution is 6.05. The van der Waals surface area contributed by atoms with Gasteiger partial charge in [0.15, 0.2) is 11.5 Å². The summed E-state index contributed by atoms with van der Waals surface area (Å²) >= 11 is 0. The first-order valence-corrected chi connectivity index (χ1v) is 12.9. The summed E-state index contributed by atoms with van der Waals surface area (Å²) in [7, 11) is 3.08. The Morgan fingerprint density at radius 2 is 1.49 bits per heavy atom. The summed E-state index contributed by atoms with van der Waals surface area (Å²) in [5.41, 5.74) is 3.85. The van der Waals surface area contributed by atoms with E-state index < -0.39 is 12.0 Å². The first-order chi connectivity index (χ1) is 19.1. The molecule has 0 saturated heterocycles. The lowest BCUT2D eigenvalue weighted by Crippen LogP contribution is -2.49. The molecule has 0 aliphatic carbocycles. The minimum Gasteiger partial charge on any atom is -0.493 e. The minimum atomic E-state index is -0.654. The molecule has 39 heavy (non-hydrogen) atoms. The molecule has 7 heteroatoms. The van der Waals surface area contributed by atoms with Gasteiger partial charge in [-0.25, -0.2) is 0 Å². The zero-order valence-electron chi connectivity index (χ0n) is 21.7. The molecule has 2 heterocycles. The van der Waals surface area contributed by atoms with Crippen molar-refractivity contribution in [3.05, 3.63) is 113 Å². The zero-order chi connectivity index (χ0) is 26.9. The maximum Gasteiger partial charge on any atom is 0.254 e. The van der Waals surface area contributed by atoms with Gasteiger partial charge in [-0.15, -0.1) is 0 Å². The van der Waals surface area contributed by atoms with Crippen molar-refractivity contribution in [3.8, 4) is 23.0 Å². The Bertz CT molecular complexity index is 1530. The fraction of sp³-hybridized carbons (Fsp3) is 0.188. The lowest BCUT2D eigenvalue weighted by Gasteiger charge is -2.45. The molecule has 4 aromatic carbocycles. The second-order valence-corrected chi connectivity index (χ2v) is 9.59. The third-order valence-corrected chi connectivity index (χ3v) is 7.41. The molecule has 2 aliphatic heterocycles. The number of nitrogens with one attached hydrogen (secondary N) is 1. The molecule has 0 unspecified atom stereocenters. The van der Waals surface area contributed by atoms with Gasteiger partial charge in [0.05, 0.1) is 26.2 Å². The molecule has 0 radical (unpaired) electrons. The number of amides is 2. The first kappa shape index (κ1) is 24.6. The molecule has 0 fully saturated rings. The summed E-state index contributed by atoms with van der Waals surface area (Å²) in [5, 5.41) is 3.08. The van der Waals surface area contributed by atoms with Gasteiger partial charge >= 0.3 is 0 Å². The Hall–Kier alpha value is -4.78. The number of fused-ring (bicyclic) bond motifs is 4. The van der Waals surface area contributed by atoms with Crippen LogP contribution in [0.25, 0.3) is 0 Å². The predicted molar refractivity (Wildman–Crippen MR) is 148 cm³/mol. The number of ether oxygens (including phenoxy) is 3. The van der Waals surface area contributed by atoms with E-state index in [1.165, 1.54) is 7.11 Å². The Balaban J connectivity index is 1.37. The first-order valence-electron chi connectivity index (χ1n) is 12.9. The summed E-state index contributed by atoms with van der Waals surface area (Å²) in [4.78, 5) is 29.6. The minimum absolute atomic E-state index is 0.114. The van der Waals surface area contributed by atoms with E-state index in [-0.39, 0.29) is 11.8 Å². The topological polar surface area (TPSA) is 77.1 Å². The normalized spacial score (nSPS) is 17.4. The molecular formula is C32H28N2O5. The number of carbonyl (C=O) groups is 2. The molecule has 6 rings (SSSR count). The smallest absolute Gasteiger partial charge is 0.254 e. The van der Waals surface area contributed by atoms with Crippen LogP contribution in [0.5, 0.6) is 23.0 Å². The SMILES string of the molecule is COc1cc2c(cc1OC)[C@@H](C(=O)Nc1ccc(Oc3ccccc3)cc1)[C@H]1c3ccccc3CCN1C2=O. The van der Waals surface area contributed by atoms with Gasteiger partial charge in [0.1, 0.15) is 11.5 Å². The second kappa shape index (κ2) is 10.2. The highest BCUT2D eigenvalue weighted by Crippen LogP contribution is 2.48. The number of para-hydroxylation sites is 1. The number of methoxy groups -OCH3 is 2. The van der Waals surface area contributed by atoms with Crippen molar-refractivity contribution in [2.24, 2.45) is 0 Å². The molecule has 7 nitrogen and oxygen atoms in total. The summed E-state index contributed by atoms with van der Waals surface area (Å²) in [5.74, 6) is 1.35. The van der Waals surface area contributed by atoms with Crippen molar-refractivity contribution >= 4 is 17.5 Å². The van der Waals surface area contributed by atoms with Crippen LogP contribution < -0.4 is 19.5 Å². The third kappa shape index (κ3) is 4.46. The number of hydrogen-bond acceptors (Lipinski definition) is 5. The molecule has 0 bridgehead atoms. The Morgan fingerprint density at radius 3 is 2.23 bits per heavy atom. The van der Waals surface area contributed by atoms with Crippen molar-refractivity contribution < 1.29 is 23.8 Å². The molecule has 0 saturated carbocycles. The number of nitrogens with zero attached hydrogens (tertiary/aromatic N) is 1. The van der Waals surface area contributed by atoms with Gasteiger partial charge in [0.25, 0.3) is 5.91 Å². The van der Waals surface area contributed by atoms with Gasteiger partial charge in [-0.1, -0.05) is 42.5 Å². The molecular weight excluding hydrogens is 492 g/mol. The molecule has 0 aromatic heterocycles. The van der Waals surface area contributed by atoms with Crippen LogP contribution in [-0.2, 0) is 11.2 Å². The summed E-state index contributed by atoms with van der Waals surface area (Å²) in [6.45, 7) is 0.531. The van der Waals surface area contributed by atoms with Crippen molar-refractivity contribution in [2.45, 2.75) is 18.4 Å². The fourth-order valence-electron chi connectivity index (χ4n) is 5.58. The standard InChI is InChI=1S/C32H28N2O5/c1-37-27-18-25-26(19-28(27)38-2)32(36)34-17-16-20-8-6-7-11-24(20)30(34)29(25)31(35)33-21-12-14-23(15-13-21)39-22-9-4-3-5-10-22/h3-15,18-19,29-30H,16-17H2,1-2H3,(H,33,35)/t29-,30-/m1/s1. The Kier molecular flexibility index (Phi) is 6.40. The average Bonchev–Trinajstić information content (AvgIpc) is 2.98. The van der Waals surface area contributed by atoms with E-state index in [9.17, 15) is 9.59 Å². The zero-order valence-corrected chi connectivity index (χ0v) is 21.7. The van der Waals surface area contributed by atoms with Crippen molar-refractivity contribution in [1.82, 2.24) is 4.90 Å². The average molecular weight is 521 g/mol. The maximum absolute atomic E-state index is 14.1. The largest absolute Gasteiger partial charge is 0.493 e. The number of hydrogen-bond donors (Lipinski definition) is 1. The Labute approximate surface area is 226 Å². The highest BCUT2D eigenvalue weighted by atomic mass is 16.5. The number of rotatable bonds is 6. The molecule has 2 aliphatic rings. The van der Waals surface area contributed by atoms with Crippen molar-refractivity contribution in [3.63, 3.8) is 0 Å². The van der Waals surface area contributed by atoms with Gasteiger partial charge in [0, 0.05) is 17.8 Å². The monoisotopic (exact) mass is 520 g/mol. The maximum atomic E-state index is 14.1. The van der Waals surface area contributed by atoms with E-state index in [4.69, 9.17) is 14.2 Å². The predicted octanol–water partition coefficient (Wildman–Crippen LogP) is 5.97. The van der Waals surface area contributed by atoms with Gasteiger partial charge < -0.3 is 24.4 Å². The molecule has 196 valence electrons. The molecule has 2 atom stereocenters. The van der Waals surface area contributed by atoms with Crippen LogP contribution in [0.1, 0.15) is 39.0 Å². The molecule has 0 spiro atoms. The van der Waals surface area contributed by atoms with Gasteiger partial charge in [-0.05, 0) is 71.6 Å². The van der Waals surface area contributed by atoms with E-state index >= 15 is 0 Å². The number of anilines is 1. The van der Waals surface area contributed by atoms with Gasteiger partial charge in [-0.3, -0.25) is 9.59 Å². The Morgan fingerprint density at radius 1 is 0.821 bits per heavy atom. The summed E-state index contributed by atoms with van der Waals surface area (Å²) < 4.78 is 16.9. The lowest BCUT2D eigenvalue weighted by atomic mass is 9.75. The van der Waals surface area contributed by atoms with Crippen LogP contribution in [0.2, 0.25) is 0 Å². The number of carbonyl (C=O) groups excluding carboxylic acids is 2. The number of benzene rings is 4. The van der Waals surface area contributed by atoms with E-state index in [1.54, 1.807) is 19.2 Å².